The summed E-state index contributed by atoms with van der Waals surface area (Å²) < 4.78 is 1.72. The fourth-order valence-electron chi connectivity index (χ4n) is 1.12. The Balaban J connectivity index is 2.91. The number of aromatic nitrogens is 4. The van der Waals surface area contributed by atoms with Crippen LogP contribution in [0.2, 0.25) is 0 Å². The smallest absolute Gasteiger partial charge is 0.159 e. The largest absolute Gasteiger partial charge is 0.238 e. The van der Waals surface area contributed by atoms with E-state index in [4.69, 9.17) is 0 Å². The van der Waals surface area contributed by atoms with E-state index in [2.05, 4.69) is 15.1 Å². The van der Waals surface area contributed by atoms with E-state index in [9.17, 15) is 0 Å². The minimum Gasteiger partial charge on any atom is -0.238 e. The van der Waals surface area contributed by atoms with Crippen molar-refractivity contribution in [3.8, 4) is 0 Å². The minimum absolute atomic E-state index is 0.856. The van der Waals surface area contributed by atoms with Crippen LogP contribution in [0.5, 0.6) is 0 Å². The molecule has 2 aromatic rings. The SMILES string of the molecule is Cc1cc2ncnn2c(C)n1. The number of hydrogen-bond acceptors (Lipinski definition) is 3. The summed E-state index contributed by atoms with van der Waals surface area (Å²) >= 11 is 0. The topological polar surface area (TPSA) is 43.1 Å². The maximum Gasteiger partial charge on any atom is 0.159 e. The predicted octanol–water partition coefficient (Wildman–Crippen LogP) is 0.741. The lowest BCUT2D eigenvalue weighted by Gasteiger charge is -1.97. The van der Waals surface area contributed by atoms with Gasteiger partial charge < -0.3 is 0 Å². The van der Waals surface area contributed by atoms with Gasteiger partial charge in [0.25, 0.3) is 0 Å². The molecule has 0 saturated heterocycles. The Bertz CT molecular complexity index is 390. The molecule has 11 heavy (non-hydrogen) atoms. The summed E-state index contributed by atoms with van der Waals surface area (Å²) in [6, 6.07) is 1.90. The first-order valence-electron chi connectivity index (χ1n) is 3.41. The van der Waals surface area contributed by atoms with Gasteiger partial charge in [0.1, 0.15) is 12.2 Å². The van der Waals surface area contributed by atoms with Gasteiger partial charge in [-0.05, 0) is 13.8 Å². The van der Waals surface area contributed by atoms with Crippen LogP contribution in [0.25, 0.3) is 5.65 Å². The average molecular weight is 148 g/mol. The van der Waals surface area contributed by atoms with Crippen LogP contribution in [-0.4, -0.2) is 19.6 Å². The fourth-order valence-corrected chi connectivity index (χ4v) is 1.12. The number of fused-ring (bicyclic) bond motifs is 1. The van der Waals surface area contributed by atoms with Crippen LogP contribution in [0.3, 0.4) is 0 Å². The zero-order valence-electron chi connectivity index (χ0n) is 6.44. The molecule has 0 aliphatic carbocycles. The molecule has 0 unspecified atom stereocenters. The van der Waals surface area contributed by atoms with Crippen molar-refractivity contribution in [2.24, 2.45) is 0 Å². The van der Waals surface area contributed by atoms with Crippen molar-refractivity contribution in [1.82, 2.24) is 19.6 Å². The Morgan fingerprint density at radius 1 is 1.36 bits per heavy atom. The minimum atomic E-state index is 0.856. The first-order chi connectivity index (χ1) is 5.27. The van der Waals surface area contributed by atoms with Crippen molar-refractivity contribution in [1.29, 1.82) is 0 Å². The summed E-state index contributed by atoms with van der Waals surface area (Å²) in [6.45, 7) is 3.86. The second kappa shape index (κ2) is 2.02. The molecule has 4 nitrogen and oxygen atoms in total. The molecule has 0 aliphatic rings. The van der Waals surface area contributed by atoms with Gasteiger partial charge in [0.2, 0.25) is 0 Å². The molecule has 0 atom stereocenters. The van der Waals surface area contributed by atoms with Crippen LogP contribution in [0.4, 0.5) is 0 Å². The molecule has 0 saturated carbocycles. The number of rotatable bonds is 0. The molecule has 4 heteroatoms. The van der Waals surface area contributed by atoms with Crippen molar-refractivity contribution in [2.75, 3.05) is 0 Å². The van der Waals surface area contributed by atoms with Gasteiger partial charge in [-0.1, -0.05) is 0 Å². The molecule has 0 spiro atoms. The van der Waals surface area contributed by atoms with Crippen LogP contribution >= 0.6 is 0 Å². The average Bonchev–Trinajstić information content (AvgIpc) is 2.34. The van der Waals surface area contributed by atoms with E-state index in [-0.39, 0.29) is 0 Å². The van der Waals surface area contributed by atoms with E-state index >= 15 is 0 Å². The Morgan fingerprint density at radius 2 is 2.18 bits per heavy atom. The molecule has 0 radical (unpaired) electrons. The maximum absolute atomic E-state index is 4.23. The second-order valence-electron chi connectivity index (χ2n) is 2.47. The summed E-state index contributed by atoms with van der Waals surface area (Å²) in [5.41, 5.74) is 1.83. The molecule has 56 valence electrons. The third-order valence-electron chi connectivity index (χ3n) is 1.56. The van der Waals surface area contributed by atoms with Crippen molar-refractivity contribution in [3.05, 3.63) is 23.9 Å². The van der Waals surface area contributed by atoms with Gasteiger partial charge >= 0.3 is 0 Å². The third-order valence-corrected chi connectivity index (χ3v) is 1.56. The lowest BCUT2D eigenvalue weighted by molar-refractivity contribution is 0.852. The highest BCUT2D eigenvalue weighted by molar-refractivity contribution is 5.37. The molecule has 0 aliphatic heterocycles. The van der Waals surface area contributed by atoms with Crippen LogP contribution in [0, 0.1) is 13.8 Å². The zero-order chi connectivity index (χ0) is 7.84. The summed E-state index contributed by atoms with van der Waals surface area (Å²) in [7, 11) is 0. The predicted molar refractivity (Wildman–Crippen MR) is 40.3 cm³/mol. The summed E-state index contributed by atoms with van der Waals surface area (Å²) in [5, 5.41) is 4.00. The molecule has 0 bridgehead atoms. The molecule has 2 rings (SSSR count). The maximum atomic E-state index is 4.23. The monoisotopic (exact) mass is 148 g/mol. The van der Waals surface area contributed by atoms with Crippen LogP contribution < -0.4 is 0 Å². The van der Waals surface area contributed by atoms with Gasteiger partial charge in [-0.25, -0.2) is 9.97 Å². The van der Waals surface area contributed by atoms with Crippen LogP contribution in [-0.2, 0) is 0 Å². The highest BCUT2D eigenvalue weighted by atomic mass is 15.3. The van der Waals surface area contributed by atoms with Crippen molar-refractivity contribution in [3.63, 3.8) is 0 Å². The lowest BCUT2D eigenvalue weighted by Crippen LogP contribution is -1.98. The summed E-state index contributed by atoms with van der Waals surface area (Å²) in [4.78, 5) is 8.29. The first-order valence-corrected chi connectivity index (χ1v) is 3.41. The Morgan fingerprint density at radius 3 is 3.00 bits per heavy atom. The van der Waals surface area contributed by atoms with Crippen molar-refractivity contribution < 1.29 is 0 Å². The highest BCUT2D eigenvalue weighted by Gasteiger charge is 1.99. The number of nitrogens with zero attached hydrogens (tertiary/aromatic N) is 4. The van der Waals surface area contributed by atoms with E-state index in [0.717, 1.165) is 17.2 Å². The Kier molecular flexibility index (Phi) is 1.15. The summed E-state index contributed by atoms with van der Waals surface area (Å²) in [6.07, 6.45) is 1.53. The lowest BCUT2D eigenvalue weighted by atomic mass is 10.4. The molecule has 2 aromatic heterocycles. The first kappa shape index (κ1) is 6.27. The molecule has 2 heterocycles. The molecular formula is C7H8N4. The van der Waals surface area contributed by atoms with Gasteiger partial charge in [-0.3, -0.25) is 0 Å². The molecule has 0 aromatic carbocycles. The van der Waals surface area contributed by atoms with Crippen LogP contribution in [0.15, 0.2) is 12.4 Å². The molecule has 0 fully saturated rings. The van der Waals surface area contributed by atoms with Gasteiger partial charge in [-0.2, -0.15) is 9.61 Å². The quantitative estimate of drug-likeness (QED) is 0.553. The molecule has 0 N–H and O–H groups in total. The third kappa shape index (κ3) is 0.869. The highest BCUT2D eigenvalue weighted by Crippen LogP contribution is 2.01. The van der Waals surface area contributed by atoms with Crippen LogP contribution in [0.1, 0.15) is 11.5 Å². The molecule has 0 amide bonds. The Labute approximate surface area is 63.9 Å². The van der Waals surface area contributed by atoms with E-state index in [1.54, 1.807) is 4.52 Å². The second-order valence-corrected chi connectivity index (χ2v) is 2.47. The van der Waals surface area contributed by atoms with Gasteiger partial charge in [-0.15, -0.1) is 0 Å². The van der Waals surface area contributed by atoms with Crippen molar-refractivity contribution >= 4 is 5.65 Å². The standard InChI is InChI=1S/C7H8N4/c1-5-3-7-8-4-9-11(7)6(2)10-5/h3-4H,1-2H3. The summed E-state index contributed by atoms with van der Waals surface area (Å²) in [5.74, 6) is 0.873. The zero-order valence-corrected chi connectivity index (χ0v) is 6.44. The normalized spacial score (nSPS) is 10.7. The van der Waals surface area contributed by atoms with Crippen molar-refractivity contribution in [2.45, 2.75) is 13.8 Å². The molecular weight excluding hydrogens is 140 g/mol. The fraction of sp³-hybridized carbons (Fsp3) is 0.286. The van der Waals surface area contributed by atoms with E-state index < -0.39 is 0 Å². The number of aryl methyl sites for hydroxylation is 2. The van der Waals surface area contributed by atoms with Gasteiger partial charge in [0.15, 0.2) is 5.65 Å². The van der Waals surface area contributed by atoms with E-state index in [0.29, 0.717) is 0 Å². The van der Waals surface area contributed by atoms with Gasteiger partial charge in [0, 0.05) is 11.8 Å². The van der Waals surface area contributed by atoms with E-state index in [1.807, 2.05) is 19.9 Å². The van der Waals surface area contributed by atoms with E-state index in [1.165, 1.54) is 6.33 Å². The number of hydrogen-bond donors (Lipinski definition) is 0. The van der Waals surface area contributed by atoms with Gasteiger partial charge in [0.05, 0.1) is 0 Å². The Hall–Kier alpha value is -1.45.